The molecule has 1 heterocycles. The standard InChI is InChI=1S/C20H21N3OS/c1-14(2)24-19-10-9-16(11-15(19)3)12-21-23-20-22-18(13-25-20)17-7-5-4-6-8-17/h4-14H,1-3H3,(H,22,23). The van der Waals surface area contributed by atoms with E-state index in [1.807, 2.05) is 68.6 Å². The molecule has 3 rings (SSSR count). The zero-order chi connectivity index (χ0) is 17.6. The van der Waals surface area contributed by atoms with Crippen molar-refractivity contribution in [3.8, 4) is 17.0 Å². The second-order valence-electron chi connectivity index (χ2n) is 5.97. The molecule has 5 heteroatoms. The topological polar surface area (TPSA) is 46.5 Å². The van der Waals surface area contributed by atoms with Gasteiger partial charge in [-0.2, -0.15) is 5.10 Å². The number of hydrazone groups is 1. The molecule has 0 saturated carbocycles. The summed E-state index contributed by atoms with van der Waals surface area (Å²) in [5.74, 6) is 0.910. The van der Waals surface area contributed by atoms with Crippen LogP contribution in [0.4, 0.5) is 5.13 Å². The molecule has 1 N–H and O–H groups in total. The van der Waals surface area contributed by atoms with Gasteiger partial charge in [0.15, 0.2) is 0 Å². The lowest BCUT2D eigenvalue weighted by molar-refractivity contribution is 0.241. The number of aromatic nitrogens is 1. The highest BCUT2D eigenvalue weighted by Gasteiger charge is 2.04. The maximum atomic E-state index is 5.75. The van der Waals surface area contributed by atoms with Crippen molar-refractivity contribution in [3.63, 3.8) is 0 Å². The molecule has 0 spiro atoms. The van der Waals surface area contributed by atoms with Gasteiger partial charge in [0.05, 0.1) is 18.0 Å². The Hall–Kier alpha value is -2.66. The quantitative estimate of drug-likeness (QED) is 0.481. The summed E-state index contributed by atoms with van der Waals surface area (Å²) in [5, 5.41) is 7.08. The van der Waals surface area contributed by atoms with Gasteiger partial charge in [0.1, 0.15) is 5.75 Å². The highest BCUT2D eigenvalue weighted by atomic mass is 32.1. The average Bonchev–Trinajstić information content (AvgIpc) is 3.07. The molecule has 0 saturated heterocycles. The van der Waals surface area contributed by atoms with Crippen molar-refractivity contribution in [2.45, 2.75) is 26.9 Å². The molecule has 1 aromatic heterocycles. The molecule has 0 unspecified atom stereocenters. The Morgan fingerprint density at radius 3 is 2.68 bits per heavy atom. The Bertz CT molecular complexity index is 856. The van der Waals surface area contributed by atoms with Crippen molar-refractivity contribution in [1.29, 1.82) is 0 Å². The van der Waals surface area contributed by atoms with Crippen LogP contribution in [0.15, 0.2) is 59.0 Å². The van der Waals surface area contributed by atoms with E-state index in [1.54, 1.807) is 6.21 Å². The van der Waals surface area contributed by atoms with Gasteiger partial charge in [-0.25, -0.2) is 4.98 Å². The number of hydrogen-bond acceptors (Lipinski definition) is 5. The highest BCUT2D eigenvalue weighted by Crippen LogP contribution is 2.24. The Kier molecular flexibility index (Phi) is 5.46. The van der Waals surface area contributed by atoms with E-state index in [2.05, 4.69) is 21.6 Å². The molecule has 0 bridgehead atoms. The van der Waals surface area contributed by atoms with Crippen LogP contribution in [0.3, 0.4) is 0 Å². The van der Waals surface area contributed by atoms with Crippen LogP contribution < -0.4 is 10.2 Å². The van der Waals surface area contributed by atoms with E-state index in [4.69, 9.17) is 4.74 Å². The second kappa shape index (κ2) is 7.94. The van der Waals surface area contributed by atoms with Gasteiger partial charge in [0.2, 0.25) is 5.13 Å². The van der Waals surface area contributed by atoms with Gasteiger partial charge in [-0.05, 0) is 50.1 Å². The monoisotopic (exact) mass is 351 g/mol. The van der Waals surface area contributed by atoms with Crippen LogP contribution in [0.25, 0.3) is 11.3 Å². The number of ether oxygens (including phenoxy) is 1. The maximum Gasteiger partial charge on any atom is 0.203 e. The fourth-order valence-electron chi connectivity index (χ4n) is 2.37. The van der Waals surface area contributed by atoms with Gasteiger partial charge >= 0.3 is 0 Å². The normalized spacial score (nSPS) is 11.2. The number of benzene rings is 2. The molecule has 25 heavy (non-hydrogen) atoms. The molecule has 2 aromatic carbocycles. The molecule has 0 aliphatic rings. The number of thiazole rings is 1. The van der Waals surface area contributed by atoms with Crippen molar-refractivity contribution in [2.24, 2.45) is 5.10 Å². The number of nitrogens with one attached hydrogen (secondary N) is 1. The number of rotatable bonds is 6. The fourth-order valence-corrected chi connectivity index (χ4v) is 3.04. The summed E-state index contributed by atoms with van der Waals surface area (Å²) in [5.41, 5.74) is 7.16. The number of aryl methyl sites for hydroxylation is 1. The van der Waals surface area contributed by atoms with Crippen molar-refractivity contribution in [1.82, 2.24) is 4.98 Å². The predicted molar refractivity (Wildman–Crippen MR) is 106 cm³/mol. The summed E-state index contributed by atoms with van der Waals surface area (Å²) in [6.07, 6.45) is 1.96. The molecule has 3 aromatic rings. The summed E-state index contributed by atoms with van der Waals surface area (Å²) in [6.45, 7) is 6.09. The van der Waals surface area contributed by atoms with Gasteiger partial charge in [0, 0.05) is 10.9 Å². The lowest BCUT2D eigenvalue weighted by Crippen LogP contribution is -2.06. The minimum Gasteiger partial charge on any atom is -0.491 e. The largest absolute Gasteiger partial charge is 0.491 e. The van der Waals surface area contributed by atoms with E-state index in [0.29, 0.717) is 0 Å². The van der Waals surface area contributed by atoms with E-state index in [1.165, 1.54) is 11.3 Å². The minimum atomic E-state index is 0.170. The van der Waals surface area contributed by atoms with Crippen molar-refractivity contribution >= 4 is 22.7 Å². The molecule has 0 atom stereocenters. The molecule has 4 nitrogen and oxygen atoms in total. The highest BCUT2D eigenvalue weighted by molar-refractivity contribution is 7.14. The molecule has 0 aliphatic heterocycles. The minimum absolute atomic E-state index is 0.170. The summed E-state index contributed by atoms with van der Waals surface area (Å²) < 4.78 is 5.75. The maximum absolute atomic E-state index is 5.75. The summed E-state index contributed by atoms with van der Waals surface area (Å²) in [7, 11) is 0. The van der Waals surface area contributed by atoms with Crippen molar-refractivity contribution in [3.05, 3.63) is 65.0 Å². The Morgan fingerprint density at radius 2 is 1.96 bits per heavy atom. The van der Waals surface area contributed by atoms with Gasteiger partial charge in [0.25, 0.3) is 0 Å². The smallest absolute Gasteiger partial charge is 0.203 e. The van der Waals surface area contributed by atoms with Crippen LogP contribution in [0.1, 0.15) is 25.0 Å². The SMILES string of the molecule is Cc1cc(C=NNc2nc(-c3ccccc3)cs2)ccc1OC(C)C. The summed E-state index contributed by atoms with van der Waals surface area (Å²) in [6, 6.07) is 16.1. The number of anilines is 1. The number of nitrogens with zero attached hydrogens (tertiary/aromatic N) is 2. The molecule has 0 amide bonds. The van der Waals surface area contributed by atoms with Crippen molar-refractivity contribution < 1.29 is 4.74 Å². The summed E-state index contributed by atoms with van der Waals surface area (Å²) in [4.78, 5) is 4.55. The Morgan fingerprint density at radius 1 is 1.16 bits per heavy atom. The number of hydrogen-bond donors (Lipinski definition) is 1. The van der Waals surface area contributed by atoms with E-state index in [0.717, 1.165) is 33.3 Å². The first-order valence-corrected chi connectivity index (χ1v) is 9.07. The van der Waals surface area contributed by atoms with Crippen molar-refractivity contribution in [2.75, 3.05) is 5.43 Å². The van der Waals surface area contributed by atoms with E-state index in [-0.39, 0.29) is 6.10 Å². The molecule has 0 radical (unpaired) electrons. The first-order chi connectivity index (χ1) is 12.1. The fraction of sp³-hybridized carbons (Fsp3) is 0.200. The zero-order valence-corrected chi connectivity index (χ0v) is 15.4. The van der Waals surface area contributed by atoms with Crippen LogP contribution in [0.2, 0.25) is 0 Å². The molecule has 128 valence electrons. The lowest BCUT2D eigenvalue weighted by Gasteiger charge is -2.12. The van der Waals surface area contributed by atoms with Crippen LogP contribution >= 0.6 is 11.3 Å². The van der Waals surface area contributed by atoms with Gasteiger partial charge in [-0.3, -0.25) is 5.43 Å². The van der Waals surface area contributed by atoms with Gasteiger partial charge < -0.3 is 4.74 Å². The zero-order valence-electron chi connectivity index (χ0n) is 14.6. The molecule has 0 aliphatic carbocycles. The van der Waals surface area contributed by atoms with E-state index >= 15 is 0 Å². The third kappa shape index (κ3) is 4.67. The third-order valence-corrected chi connectivity index (χ3v) is 4.26. The van der Waals surface area contributed by atoms with Crippen LogP contribution in [0, 0.1) is 6.92 Å². The predicted octanol–water partition coefficient (Wildman–Crippen LogP) is 5.35. The first-order valence-electron chi connectivity index (χ1n) is 8.19. The molecular weight excluding hydrogens is 330 g/mol. The second-order valence-corrected chi connectivity index (χ2v) is 6.82. The van der Waals surface area contributed by atoms with E-state index < -0.39 is 0 Å². The Labute approximate surface area is 152 Å². The van der Waals surface area contributed by atoms with Crippen LogP contribution in [-0.4, -0.2) is 17.3 Å². The average molecular weight is 351 g/mol. The van der Waals surface area contributed by atoms with E-state index in [9.17, 15) is 0 Å². The molecular formula is C20H21N3OS. The Balaban J connectivity index is 1.64. The third-order valence-electron chi connectivity index (χ3n) is 3.51. The van der Waals surface area contributed by atoms with Gasteiger partial charge in [-0.15, -0.1) is 11.3 Å². The van der Waals surface area contributed by atoms with Crippen LogP contribution in [0.5, 0.6) is 5.75 Å². The first kappa shape index (κ1) is 17.2. The van der Waals surface area contributed by atoms with Crippen LogP contribution in [-0.2, 0) is 0 Å². The summed E-state index contributed by atoms with van der Waals surface area (Å²) >= 11 is 1.54. The lowest BCUT2D eigenvalue weighted by atomic mass is 10.1. The molecule has 0 fully saturated rings. The van der Waals surface area contributed by atoms with Gasteiger partial charge in [-0.1, -0.05) is 30.3 Å².